The number of hydrogen-bond donors (Lipinski definition) is 0. The van der Waals surface area contributed by atoms with E-state index in [9.17, 15) is 0 Å². The first-order valence-corrected chi connectivity index (χ1v) is 5.53. The number of pyridine rings is 1. The van der Waals surface area contributed by atoms with Crippen LogP contribution in [0.1, 0.15) is 0 Å². The highest BCUT2D eigenvalue weighted by atomic mass is 127. The minimum Gasteiger partial charge on any atom is -0.229 e. The lowest BCUT2D eigenvalue weighted by molar-refractivity contribution is 1.35. The van der Waals surface area contributed by atoms with Crippen molar-refractivity contribution in [3.05, 3.63) is 19.8 Å². The third-order valence-electron chi connectivity index (χ3n) is 1.20. The van der Waals surface area contributed by atoms with Crippen LogP contribution in [0.4, 0.5) is 0 Å². The Hall–Kier alpha value is 0.250. The van der Waals surface area contributed by atoms with Crippen LogP contribution in [0.5, 0.6) is 0 Å². The van der Waals surface area contributed by atoms with E-state index in [1.807, 2.05) is 12.1 Å². The molecular weight excluding hydrogens is 339 g/mol. The van der Waals surface area contributed by atoms with Gasteiger partial charge in [-0.25, -0.2) is 9.97 Å². The van der Waals surface area contributed by atoms with Crippen molar-refractivity contribution in [2.75, 3.05) is 0 Å². The molecule has 0 radical (unpaired) electrons. The first-order valence-electron chi connectivity index (χ1n) is 2.84. The van der Waals surface area contributed by atoms with Gasteiger partial charge in [-0.1, -0.05) is 11.3 Å². The minimum atomic E-state index is 0.891. The average Bonchev–Trinajstić information content (AvgIpc) is 2.27. The summed E-state index contributed by atoms with van der Waals surface area (Å²) >= 11 is 7.06. The van der Waals surface area contributed by atoms with E-state index in [1.54, 1.807) is 11.3 Å². The van der Waals surface area contributed by atoms with E-state index in [0.29, 0.717) is 0 Å². The lowest BCUT2D eigenvalue weighted by Gasteiger charge is -1.86. The summed E-state index contributed by atoms with van der Waals surface area (Å²) in [6.07, 6.45) is 0. The fourth-order valence-corrected chi connectivity index (χ4v) is 2.67. The highest BCUT2D eigenvalue weighted by Crippen LogP contribution is 2.24. The number of thiazole rings is 1. The molecule has 2 aromatic heterocycles. The van der Waals surface area contributed by atoms with Gasteiger partial charge >= 0.3 is 0 Å². The number of nitrogens with zero attached hydrogens (tertiary/aromatic N) is 2. The molecule has 56 valence electrons. The molecule has 11 heavy (non-hydrogen) atoms. The molecule has 0 unspecified atom stereocenters. The number of fused-ring (bicyclic) bond motifs is 1. The SMILES string of the molecule is Brc1nc2ccc(I)nc2s1. The number of hydrogen-bond acceptors (Lipinski definition) is 3. The van der Waals surface area contributed by atoms with Gasteiger partial charge in [-0.3, -0.25) is 0 Å². The zero-order valence-electron chi connectivity index (χ0n) is 5.21. The minimum absolute atomic E-state index is 0.891. The maximum Gasteiger partial charge on any atom is 0.161 e. The van der Waals surface area contributed by atoms with Gasteiger partial charge < -0.3 is 0 Å². The number of rotatable bonds is 0. The second-order valence-electron chi connectivity index (χ2n) is 1.93. The zero-order chi connectivity index (χ0) is 7.84. The maximum atomic E-state index is 4.31. The molecule has 0 saturated heterocycles. The Balaban J connectivity index is 2.82. The molecule has 0 aliphatic carbocycles. The van der Waals surface area contributed by atoms with Crippen LogP contribution >= 0.6 is 49.9 Å². The van der Waals surface area contributed by atoms with Crippen molar-refractivity contribution >= 4 is 60.2 Å². The van der Waals surface area contributed by atoms with Gasteiger partial charge in [0.1, 0.15) is 14.0 Å². The standard InChI is InChI=1S/C6H2BrIN2S/c7-6-9-3-1-2-4(8)10-5(3)11-6/h1-2H. The molecular formula is C6H2BrIN2S. The van der Waals surface area contributed by atoms with Gasteiger partial charge in [0.2, 0.25) is 0 Å². The summed E-state index contributed by atoms with van der Waals surface area (Å²) in [7, 11) is 0. The topological polar surface area (TPSA) is 25.8 Å². The van der Waals surface area contributed by atoms with Crippen LogP contribution in [0.3, 0.4) is 0 Å². The normalized spacial score (nSPS) is 10.7. The summed E-state index contributed by atoms with van der Waals surface area (Å²) in [6.45, 7) is 0. The fourth-order valence-electron chi connectivity index (χ4n) is 0.768. The molecule has 2 nitrogen and oxygen atoms in total. The van der Waals surface area contributed by atoms with E-state index in [-0.39, 0.29) is 0 Å². The highest BCUT2D eigenvalue weighted by Gasteiger charge is 2.01. The van der Waals surface area contributed by atoms with Crippen LogP contribution in [0.25, 0.3) is 10.3 Å². The first-order chi connectivity index (χ1) is 5.25. The van der Waals surface area contributed by atoms with Gasteiger partial charge in [-0.2, -0.15) is 0 Å². The first kappa shape index (κ1) is 7.88. The fraction of sp³-hybridized carbons (Fsp3) is 0. The molecule has 2 aromatic rings. The van der Waals surface area contributed by atoms with E-state index in [1.165, 1.54) is 0 Å². The Morgan fingerprint density at radius 1 is 1.36 bits per heavy atom. The Labute approximate surface area is 89.3 Å². The molecule has 0 aliphatic heterocycles. The quantitative estimate of drug-likeness (QED) is 0.544. The molecule has 0 spiro atoms. The van der Waals surface area contributed by atoms with Gasteiger partial charge in [-0.05, 0) is 50.7 Å². The van der Waals surface area contributed by atoms with Crippen LogP contribution in [-0.2, 0) is 0 Å². The molecule has 0 amide bonds. The van der Waals surface area contributed by atoms with Crippen molar-refractivity contribution in [1.29, 1.82) is 0 Å². The van der Waals surface area contributed by atoms with Gasteiger partial charge in [0.25, 0.3) is 0 Å². The molecule has 0 saturated carbocycles. The van der Waals surface area contributed by atoms with Crippen molar-refractivity contribution in [2.24, 2.45) is 0 Å². The summed E-state index contributed by atoms with van der Waals surface area (Å²) in [4.78, 5) is 9.52. The predicted molar refractivity (Wildman–Crippen MR) is 57.8 cm³/mol. The molecule has 0 bridgehead atoms. The largest absolute Gasteiger partial charge is 0.229 e. The monoisotopic (exact) mass is 340 g/mol. The second-order valence-corrected chi connectivity index (χ2v) is 5.28. The smallest absolute Gasteiger partial charge is 0.161 e. The summed E-state index contributed by atoms with van der Waals surface area (Å²) in [5.74, 6) is 0. The average molecular weight is 341 g/mol. The Morgan fingerprint density at radius 3 is 3.00 bits per heavy atom. The van der Waals surface area contributed by atoms with Crippen LogP contribution in [0.15, 0.2) is 16.0 Å². The molecule has 2 rings (SSSR count). The third kappa shape index (κ3) is 1.54. The lowest BCUT2D eigenvalue weighted by Crippen LogP contribution is -1.76. The van der Waals surface area contributed by atoms with Gasteiger partial charge in [0, 0.05) is 0 Å². The Bertz CT molecular complexity index is 400. The van der Waals surface area contributed by atoms with Crippen LogP contribution in [0, 0.1) is 3.70 Å². The van der Waals surface area contributed by atoms with Crippen molar-refractivity contribution in [1.82, 2.24) is 9.97 Å². The van der Waals surface area contributed by atoms with Gasteiger partial charge in [-0.15, -0.1) is 0 Å². The van der Waals surface area contributed by atoms with Crippen molar-refractivity contribution in [2.45, 2.75) is 0 Å². The van der Waals surface area contributed by atoms with Crippen molar-refractivity contribution < 1.29 is 0 Å². The second kappa shape index (κ2) is 2.95. The van der Waals surface area contributed by atoms with E-state index in [4.69, 9.17) is 0 Å². The molecule has 2 heterocycles. The maximum absolute atomic E-state index is 4.31. The van der Waals surface area contributed by atoms with Crippen LogP contribution < -0.4 is 0 Å². The number of aromatic nitrogens is 2. The van der Waals surface area contributed by atoms with Gasteiger partial charge in [0.05, 0.1) is 0 Å². The van der Waals surface area contributed by atoms with Crippen molar-refractivity contribution in [3.8, 4) is 0 Å². The molecule has 0 N–H and O–H groups in total. The number of halogens is 2. The lowest BCUT2D eigenvalue weighted by atomic mass is 10.5. The zero-order valence-corrected chi connectivity index (χ0v) is 9.77. The predicted octanol–water partition coefficient (Wildman–Crippen LogP) is 3.06. The Morgan fingerprint density at radius 2 is 2.18 bits per heavy atom. The molecule has 0 aliphatic rings. The third-order valence-corrected chi connectivity index (χ3v) is 3.21. The van der Waals surface area contributed by atoms with Gasteiger partial charge in [0.15, 0.2) is 3.92 Å². The van der Waals surface area contributed by atoms with E-state index >= 15 is 0 Å². The molecule has 0 fully saturated rings. The molecule has 0 aromatic carbocycles. The summed E-state index contributed by atoms with van der Waals surface area (Å²) in [6, 6.07) is 3.93. The van der Waals surface area contributed by atoms with E-state index in [2.05, 4.69) is 48.5 Å². The molecule has 5 heteroatoms. The van der Waals surface area contributed by atoms with Crippen LogP contribution in [-0.4, -0.2) is 9.97 Å². The Kier molecular flexibility index (Phi) is 2.11. The summed E-state index contributed by atoms with van der Waals surface area (Å²) in [5, 5.41) is 0. The highest BCUT2D eigenvalue weighted by molar-refractivity contribution is 14.1. The van der Waals surface area contributed by atoms with E-state index in [0.717, 1.165) is 18.0 Å². The molecule has 0 atom stereocenters. The van der Waals surface area contributed by atoms with E-state index < -0.39 is 0 Å². The summed E-state index contributed by atoms with van der Waals surface area (Å²) < 4.78 is 1.90. The van der Waals surface area contributed by atoms with Crippen molar-refractivity contribution in [3.63, 3.8) is 0 Å². The summed E-state index contributed by atoms with van der Waals surface area (Å²) in [5.41, 5.74) is 0.960. The van der Waals surface area contributed by atoms with Crippen LogP contribution in [0.2, 0.25) is 0 Å².